The van der Waals surface area contributed by atoms with Crippen LogP contribution in [0.25, 0.3) is 0 Å². The summed E-state index contributed by atoms with van der Waals surface area (Å²) in [5.74, 6) is 0. The van der Waals surface area contributed by atoms with E-state index in [0.29, 0.717) is 6.42 Å². The Balaban J connectivity index is 0. The minimum absolute atomic E-state index is 0.0941. The summed E-state index contributed by atoms with van der Waals surface area (Å²) in [6, 6.07) is 0. The summed E-state index contributed by atoms with van der Waals surface area (Å²) in [7, 11) is -4.24. The predicted octanol–water partition coefficient (Wildman–Crippen LogP) is 5.29. The first-order valence-corrected chi connectivity index (χ1v) is 11.1. The van der Waals surface area contributed by atoms with Gasteiger partial charge in [-0.05, 0) is 13.3 Å². The highest BCUT2D eigenvalue weighted by atomic mass is 32.3. The molecular weight excluding hydrogens is 328 g/mol. The van der Waals surface area contributed by atoms with Crippen molar-refractivity contribution < 1.29 is 22.3 Å². The average molecular weight is 369 g/mol. The zero-order valence-electron chi connectivity index (χ0n) is 15.8. The molecule has 0 fully saturated rings. The Hall–Kier alpha value is -0.170. The molecule has 0 aromatic rings. The molecule has 0 radical (unpaired) electrons. The topological polar surface area (TPSA) is 83.8 Å². The summed E-state index contributed by atoms with van der Waals surface area (Å²) < 4.78 is 33.2. The van der Waals surface area contributed by atoms with E-state index in [4.69, 9.17) is 9.66 Å². The largest absolute Gasteiger partial charge is 0.397 e. The van der Waals surface area contributed by atoms with Crippen LogP contribution in [0.2, 0.25) is 0 Å². The van der Waals surface area contributed by atoms with Crippen molar-refractivity contribution in [1.29, 1.82) is 0 Å². The number of hydrogen-bond donors (Lipinski definition) is 2. The van der Waals surface area contributed by atoms with Gasteiger partial charge in [0, 0.05) is 6.61 Å². The first-order valence-electron chi connectivity index (χ1n) is 9.70. The van der Waals surface area contributed by atoms with Crippen LogP contribution < -0.4 is 0 Å². The molecule has 0 saturated carbocycles. The van der Waals surface area contributed by atoms with E-state index in [1.54, 1.807) is 6.92 Å². The van der Waals surface area contributed by atoms with Gasteiger partial charge in [0.15, 0.2) is 0 Å². The van der Waals surface area contributed by atoms with Gasteiger partial charge in [0.25, 0.3) is 0 Å². The van der Waals surface area contributed by atoms with Crippen LogP contribution in [-0.2, 0) is 14.6 Å². The van der Waals surface area contributed by atoms with Gasteiger partial charge in [-0.25, -0.2) is 4.18 Å². The highest BCUT2D eigenvalue weighted by molar-refractivity contribution is 7.80. The minimum atomic E-state index is -4.24. The quantitative estimate of drug-likeness (QED) is 0.286. The van der Waals surface area contributed by atoms with E-state index in [0.717, 1.165) is 12.8 Å². The fraction of sp³-hybridized carbons (Fsp3) is 1.00. The Morgan fingerprint density at radius 1 is 0.667 bits per heavy atom. The first-order chi connectivity index (χ1) is 11.5. The standard InChI is InChI=1S/C16H34O4S.C2H6O/c1-2-3-4-5-6-7-8-9-10-11-12-13-14-15-16-20-21(17,18)19;1-2-3/h2-16H2,1H3,(H,17,18,19);3H,2H2,1H3. The molecule has 0 unspecified atom stereocenters. The summed E-state index contributed by atoms with van der Waals surface area (Å²) in [6.45, 7) is 4.28. The summed E-state index contributed by atoms with van der Waals surface area (Å²) in [6.07, 6.45) is 17.6. The van der Waals surface area contributed by atoms with Gasteiger partial charge in [0.2, 0.25) is 0 Å². The first kappa shape index (κ1) is 26.1. The van der Waals surface area contributed by atoms with Gasteiger partial charge in [-0.3, -0.25) is 4.55 Å². The van der Waals surface area contributed by atoms with Crippen LogP contribution in [0.3, 0.4) is 0 Å². The molecule has 5 nitrogen and oxygen atoms in total. The third kappa shape index (κ3) is 29.8. The lowest BCUT2D eigenvalue weighted by molar-refractivity contribution is 0.261. The number of hydrogen-bond acceptors (Lipinski definition) is 4. The number of aliphatic hydroxyl groups is 1. The molecule has 0 aliphatic heterocycles. The maximum absolute atomic E-state index is 10.3. The van der Waals surface area contributed by atoms with E-state index in [1.807, 2.05) is 0 Å². The van der Waals surface area contributed by atoms with Crippen molar-refractivity contribution in [2.24, 2.45) is 0 Å². The second-order valence-electron chi connectivity index (χ2n) is 6.16. The molecule has 0 amide bonds. The lowest BCUT2D eigenvalue weighted by Gasteiger charge is -2.03. The van der Waals surface area contributed by atoms with Gasteiger partial charge in [0.1, 0.15) is 0 Å². The van der Waals surface area contributed by atoms with Crippen LogP contribution >= 0.6 is 0 Å². The van der Waals surface area contributed by atoms with E-state index in [-0.39, 0.29) is 13.2 Å². The van der Waals surface area contributed by atoms with Crippen LogP contribution in [-0.4, -0.2) is 31.3 Å². The van der Waals surface area contributed by atoms with E-state index < -0.39 is 10.4 Å². The second kappa shape index (κ2) is 20.9. The van der Waals surface area contributed by atoms with Crippen LogP contribution in [0.4, 0.5) is 0 Å². The van der Waals surface area contributed by atoms with Gasteiger partial charge in [0.05, 0.1) is 6.61 Å². The highest BCUT2D eigenvalue weighted by Crippen LogP contribution is 2.12. The summed E-state index contributed by atoms with van der Waals surface area (Å²) in [4.78, 5) is 0. The Labute approximate surface area is 150 Å². The molecule has 6 heteroatoms. The maximum atomic E-state index is 10.3. The summed E-state index contributed by atoms with van der Waals surface area (Å²) >= 11 is 0. The lowest BCUT2D eigenvalue weighted by Crippen LogP contribution is -2.04. The summed E-state index contributed by atoms with van der Waals surface area (Å²) in [5.41, 5.74) is 0. The molecule has 0 aromatic carbocycles. The fourth-order valence-corrected chi connectivity index (χ4v) is 2.79. The number of unbranched alkanes of at least 4 members (excludes halogenated alkanes) is 13. The van der Waals surface area contributed by atoms with Crippen molar-refractivity contribution in [2.45, 2.75) is 104 Å². The Morgan fingerprint density at radius 2 is 0.958 bits per heavy atom. The van der Waals surface area contributed by atoms with E-state index in [9.17, 15) is 8.42 Å². The molecule has 24 heavy (non-hydrogen) atoms. The summed E-state index contributed by atoms with van der Waals surface area (Å²) in [5, 5.41) is 7.57. The SMILES string of the molecule is CCCCCCCCCCCCCCCCOS(=O)(=O)O.CCO. The molecule has 0 atom stereocenters. The zero-order valence-corrected chi connectivity index (χ0v) is 16.7. The molecule has 0 saturated heterocycles. The maximum Gasteiger partial charge on any atom is 0.397 e. The fourth-order valence-electron chi connectivity index (χ4n) is 2.46. The second-order valence-corrected chi connectivity index (χ2v) is 7.25. The van der Waals surface area contributed by atoms with Gasteiger partial charge in [-0.1, -0.05) is 90.4 Å². The Kier molecular flexibility index (Phi) is 22.7. The molecule has 0 rings (SSSR count). The van der Waals surface area contributed by atoms with Gasteiger partial charge < -0.3 is 5.11 Å². The molecule has 148 valence electrons. The molecule has 0 spiro atoms. The smallest absolute Gasteiger partial charge is 0.397 e. The lowest BCUT2D eigenvalue weighted by atomic mass is 10.0. The van der Waals surface area contributed by atoms with E-state index >= 15 is 0 Å². The molecule has 2 N–H and O–H groups in total. The Morgan fingerprint density at radius 3 is 1.25 bits per heavy atom. The van der Waals surface area contributed by atoms with E-state index in [2.05, 4.69) is 11.1 Å². The minimum Gasteiger partial charge on any atom is -0.397 e. The third-order valence-electron chi connectivity index (χ3n) is 3.73. The van der Waals surface area contributed by atoms with Crippen molar-refractivity contribution in [1.82, 2.24) is 0 Å². The van der Waals surface area contributed by atoms with Crippen LogP contribution in [0, 0.1) is 0 Å². The third-order valence-corrected chi connectivity index (χ3v) is 4.19. The molecule has 0 bridgehead atoms. The van der Waals surface area contributed by atoms with Crippen LogP contribution in [0.15, 0.2) is 0 Å². The molecule has 0 aliphatic rings. The van der Waals surface area contributed by atoms with Gasteiger partial charge in [-0.15, -0.1) is 0 Å². The molecule has 0 heterocycles. The number of aliphatic hydroxyl groups excluding tert-OH is 1. The normalized spacial score (nSPS) is 11.2. The zero-order chi connectivity index (χ0) is 18.5. The number of rotatable bonds is 16. The van der Waals surface area contributed by atoms with Gasteiger partial charge >= 0.3 is 10.4 Å². The van der Waals surface area contributed by atoms with Crippen molar-refractivity contribution in [3.8, 4) is 0 Å². The van der Waals surface area contributed by atoms with Crippen molar-refractivity contribution in [2.75, 3.05) is 13.2 Å². The van der Waals surface area contributed by atoms with Crippen molar-refractivity contribution >= 4 is 10.4 Å². The van der Waals surface area contributed by atoms with Crippen LogP contribution in [0.1, 0.15) is 104 Å². The highest BCUT2D eigenvalue weighted by Gasteiger charge is 2.02. The monoisotopic (exact) mass is 368 g/mol. The molecule has 0 aliphatic carbocycles. The van der Waals surface area contributed by atoms with Crippen molar-refractivity contribution in [3.05, 3.63) is 0 Å². The predicted molar refractivity (Wildman–Crippen MR) is 101 cm³/mol. The van der Waals surface area contributed by atoms with Gasteiger partial charge in [-0.2, -0.15) is 8.42 Å². The Bertz CT molecular complexity index is 317. The van der Waals surface area contributed by atoms with Crippen LogP contribution in [0.5, 0.6) is 0 Å². The molecule has 0 aromatic heterocycles. The molecular formula is C18H40O5S. The average Bonchev–Trinajstić information content (AvgIpc) is 2.51. The van der Waals surface area contributed by atoms with E-state index in [1.165, 1.54) is 70.6 Å². The van der Waals surface area contributed by atoms with Crippen molar-refractivity contribution in [3.63, 3.8) is 0 Å².